The predicted molar refractivity (Wildman–Crippen MR) is 71.0 cm³/mol. The molecule has 0 saturated carbocycles. The number of rotatable bonds is 2. The smallest absolute Gasteiger partial charge is 0.274 e. The molecule has 0 unspecified atom stereocenters. The highest BCUT2D eigenvalue weighted by Gasteiger charge is 2.10. The highest BCUT2D eigenvalue weighted by Crippen LogP contribution is 2.18. The van der Waals surface area contributed by atoms with Gasteiger partial charge in [-0.25, -0.2) is 9.37 Å². The van der Waals surface area contributed by atoms with Crippen molar-refractivity contribution in [3.05, 3.63) is 58.1 Å². The molecular formula is C13H10BrFN2O. The lowest BCUT2D eigenvalue weighted by Gasteiger charge is -2.08. The number of anilines is 1. The standard InChI is InChI=1S/C13H10BrFN2O/c1-8-10(15)3-2-4-11(8)17-13(18)12-6-5-9(14)7-16-12/h2-7H,1H3,(H,17,18). The van der Waals surface area contributed by atoms with E-state index in [2.05, 4.69) is 26.2 Å². The van der Waals surface area contributed by atoms with Gasteiger partial charge in [-0.1, -0.05) is 6.07 Å². The van der Waals surface area contributed by atoms with Crippen molar-refractivity contribution in [2.75, 3.05) is 5.32 Å². The highest BCUT2D eigenvalue weighted by atomic mass is 79.9. The second-order valence-corrected chi connectivity index (χ2v) is 4.64. The van der Waals surface area contributed by atoms with Gasteiger partial charge in [-0.15, -0.1) is 0 Å². The molecule has 0 aliphatic rings. The Bertz CT molecular complexity index is 584. The van der Waals surface area contributed by atoms with Crippen molar-refractivity contribution < 1.29 is 9.18 Å². The van der Waals surface area contributed by atoms with Gasteiger partial charge in [-0.05, 0) is 47.1 Å². The molecule has 2 rings (SSSR count). The number of benzene rings is 1. The molecular weight excluding hydrogens is 299 g/mol. The largest absolute Gasteiger partial charge is 0.320 e. The van der Waals surface area contributed by atoms with Crippen LogP contribution in [0.15, 0.2) is 41.0 Å². The van der Waals surface area contributed by atoms with Crippen LogP contribution in [-0.2, 0) is 0 Å². The minimum Gasteiger partial charge on any atom is -0.320 e. The van der Waals surface area contributed by atoms with Crippen molar-refractivity contribution >= 4 is 27.5 Å². The molecule has 1 amide bonds. The van der Waals surface area contributed by atoms with E-state index >= 15 is 0 Å². The number of pyridine rings is 1. The van der Waals surface area contributed by atoms with Crippen LogP contribution in [0.3, 0.4) is 0 Å². The van der Waals surface area contributed by atoms with Crippen LogP contribution in [0.4, 0.5) is 10.1 Å². The fourth-order valence-electron chi connectivity index (χ4n) is 1.44. The van der Waals surface area contributed by atoms with E-state index < -0.39 is 0 Å². The average Bonchev–Trinajstić information content (AvgIpc) is 2.36. The molecule has 1 aromatic carbocycles. The molecule has 3 nitrogen and oxygen atoms in total. The number of aromatic nitrogens is 1. The van der Waals surface area contributed by atoms with Gasteiger partial charge in [0.05, 0.1) is 0 Å². The zero-order valence-corrected chi connectivity index (χ0v) is 11.2. The van der Waals surface area contributed by atoms with Crippen molar-refractivity contribution in [1.82, 2.24) is 4.98 Å². The SMILES string of the molecule is Cc1c(F)cccc1NC(=O)c1ccc(Br)cn1. The van der Waals surface area contributed by atoms with E-state index in [1.54, 1.807) is 31.2 Å². The lowest BCUT2D eigenvalue weighted by molar-refractivity contribution is 0.102. The van der Waals surface area contributed by atoms with E-state index in [-0.39, 0.29) is 17.4 Å². The Hall–Kier alpha value is -1.75. The highest BCUT2D eigenvalue weighted by molar-refractivity contribution is 9.10. The summed E-state index contributed by atoms with van der Waals surface area (Å²) in [7, 11) is 0. The molecule has 5 heteroatoms. The summed E-state index contributed by atoms with van der Waals surface area (Å²) in [6.07, 6.45) is 1.54. The zero-order chi connectivity index (χ0) is 13.1. The minimum absolute atomic E-state index is 0.280. The van der Waals surface area contributed by atoms with Gasteiger partial charge in [0.1, 0.15) is 11.5 Å². The maximum absolute atomic E-state index is 13.3. The van der Waals surface area contributed by atoms with Gasteiger partial charge in [0.25, 0.3) is 5.91 Å². The Balaban J connectivity index is 2.21. The Kier molecular flexibility index (Phi) is 3.72. The van der Waals surface area contributed by atoms with Crippen molar-refractivity contribution in [2.45, 2.75) is 6.92 Å². The van der Waals surface area contributed by atoms with Crippen LogP contribution in [0.2, 0.25) is 0 Å². The lowest BCUT2D eigenvalue weighted by Crippen LogP contribution is -2.14. The summed E-state index contributed by atoms with van der Waals surface area (Å²) in [5.74, 6) is -0.715. The van der Waals surface area contributed by atoms with E-state index in [0.29, 0.717) is 11.3 Å². The van der Waals surface area contributed by atoms with Crippen LogP contribution in [0.1, 0.15) is 16.1 Å². The molecule has 1 N–H and O–H groups in total. The third kappa shape index (κ3) is 2.73. The van der Waals surface area contributed by atoms with Gasteiger partial charge >= 0.3 is 0 Å². The molecule has 0 fully saturated rings. The van der Waals surface area contributed by atoms with Crippen LogP contribution < -0.4 is 5.32 Å². The fourth-order valence-corrected chi connectivity index (χ4v) is 1.67. The Labute approximate surface area is 112 Å². The van der Waals surface area contributed by atoms with Gasteiger partial charge in [0.2, 0.25) is 0 Å². The summed E-state index contributed by atoms with van der Waals surface area (Å²) < 4.78 is 14.1. The summed E-state index contributed by atoms with van der Waals surface area (Å²) in [5, 5.41) is 2.63. The van der Waals surface area contributed by atoms with Gasteiger partial charge < -0.3 is 5.32 Å². The van der Waals surface area contributed by atoms with Crippen molar-refractivity contribution in [1.29, 1.82) is 0 Å². The molecule has 0 radical (unpaired) electrons. The number of hydrogen-bond acceptors (Lipinski definition) is 2. The summed E-state index contributed by atoms with van der Waals surface area (Å²) in [6, 6.07) is 7.86. The Morgan fingerprint density at radius 2 is 2.11 bits per heavy atom. The van der Waals surface area contributed by atoms with Gasteiger partial charge in [-0.3, -0.25) is 4.79 Å². The van der Waals surface area contributed by atoms with Crippen molar-refractivity contribution in [3.8, 4) is 0 Å². The molecule has 0 saturated heterocycles. The van der Waals surface area contributed by atoms with E-state index in [0.717, 1.165) is 4.47 Å². The molecule has 0 bridgehead atoms. The lowest BCUT2D eigenvalue weighted by atomic mass is 10.2. The van der Waals surface area contributed by atoms with Crippen molar-refractivity contribution in [2.24, 2.45) is 0 Å². The van der Waals surface area contributed by atoms with Crippen LogP contribution in [0.5, 0.6) is 0 Å². The summed E-state index contributed by atoms with van der Waals surface area (Å²) in [4.78, 5) is 15.9. The van der Waals surface area contributed by atoms with Crippen LogP contribution in [0, 0.1) is 12.7 Å². The predicted octanol–water partition coefficient (Wildman–Crippen LogP) is 3.54. The number of nitrogens with one attached hydrogen (secondary N) is 1. The van der Waals surface area contributed by atoms with Crippen LogP contribution in [-0.4, -0.2) is 10.9 Å². The molecule has 0 aliphatic heterocycles. The molecule has 92 valence electrons. The first kappa shape index (κ1) is 12.7. The second kappa shape index (κ2) is 5.27. The van der Waals surface area contributed by atoms with Gasteiger partial charge in [0, 0.05) is 21.9 Å². The first-order valence-electron chi connectivity index (χ1n) is 5.26. The summed E-state index contributed by atoms with van der Waals surface area (Å²) >= 11 is 3.24. The quantitative estimate of drug-likeness (QED) is 0.922. The molecule has 0 spiro atoms. The zero-order valence-electron chi connectivity index (χ0n) is 9.58. The topological polar surface area (TPSA) is 42.0 Å². The maximum atomic E-state index is 13.3. The molecule has 1 heterocycles. The molecule has 0 atom stereocenters. The Morgan fingerprint density at radius 1 is 1.33 bits per heavy atom. The van der Waals surface area contributed by atoms with Crippen molar-refractivity contribution in [3.63, 3.8) is 0 Å². The van der Waals surface area contributed by atoms with Gasteiger partial charge in [0.15, 0.2) is 0 Å². The average molecular weight is 309 g/mol. The maximum Gasteiger partial charge on any atom is 0.274 e. The number of hydrogen-bond donors (Lipinski definition) is 1. The van der Waals surface area contributed by atoms with Crippen LogP contribution >= 0.6 is 15.9 Å². The molecule has 2 aromatic rings. The van der Waals surface area contributed by atoms with E-state index in [1.165, 1.54) is 12.3 Å². The van der Waals surface area contributed by atoms with Crippen LogP contribution in [0.25, 0.3) is 0 Å². The number of carbonyl (C=O) groups excluding carboxylic acids is 1. The van der Waals surface area contributed by atoms with E-state index in [4.69, 9.17) is 0 Å². The Morgan fingerprint density at radius 3 is 2.78 bits per heavy atom. The van der Waals surface area contributed by atoms with E-state index in [1.807, 2.05) is 0 Å². The molecule has 1 aromatic heterocycles. The monoisotopic (exact) mass is 308 g/mol. The minimum atomic E-state index is -0.365. The second-order valence-electron chi connectivity index (χ2n) is 3.73. The number of nitrogens with zero attached hydrogens (tertiary/aromatic N) is 1. The summed E-state index contributed by atoms with van der Waals surface area (Å²) in [6.45, 7) is 1.61. The third-order valence-electron chi connectivity index (χ3n) is 2.48. The molecule has 0 aliphatic carbocycles. The fraction of sp³-hybridized carbons (Fsp3) is 0.0769. The first-order chi connectivity index (χ1) is 8.58. The summed E-state index contributed by atoms with van der Waals surface area (Å²) in [5.41, 5.74) is 1.13. The van der Waals surface area contributed by atoms with E-state index in [9.17, 15) is 9.18 Å². The number of halogens is 2. The molecule has 18 heavy (non-hydrogen) atoms. The normalized spacial score (nSPS) is 10.2. The van der Waals surface area contributed by atoms with Gasteiger partial charge in [-0.2, -0.15) is 0 Å². The number of amides is 1. The first-order valence-corrected chi connectivity index (χ1v) is 6.05. The third-order valence-corrected chi connectivity index (χ3v) is 2.95. The number of carbonyl (C=O) groups is 1.